The lowest BCUT2D eigenvalue weighted by atomic mass is 10.0. The first kappa shape index (κ1) is 24.5. The summed E-state index contributed by atoms with van der Waals surface area (Å²) < 4.78 is 18.0. The first-order valence-corrected chi connectivity index (χ1v) is 16.3. The number of rotatable bonds is 2. The van der Waals surface area contributed by atoms with Crippen molar-refractivity contribution in [2.75, 3.05) is 0 Å². The minimum Gasteiger partial charge on any atom is -0.456 e. The average Bonchev–Trinajstić information content (AvgIpc) is 3.85. The van der Waals surface area contributed by atoms with Gasteiger partial charge in [-0.05, 0) is 54.1 Å². The van der Waals surface area contributed by atoms with Gasteiger partial charge >= 0.3 is 0 Å². The number of fused-ring (bicyclic) bond motifs is 12. The normalized spacial score (nSPS) is 12.3. The van der Waals surface area contributed by atoms with Crippen LogP contribution in [0.5, 0.6) is 0 Å². The van der Waals surface area contributed by atoms with Crippen molar-refractivity contribution in [2.45, 2.75) is 0 Å². The van der Waals surface area contributed by atoms with Crippen LogP contribution in [0.4, 0.5) is 0 Å². The second kappa shape index (κ2) is 8.87. The van der Waals surface area contributed by atoms with E-state index in [1.165, 1.54) is 30.9 Å². The molecule has 0 aliphatic heterocycles. The van der Waals surface area contributed by atoms with Crippen molar-refractivity contribution < 1.29 is 8.83 Å². The van der Waals surface area contributed by atoms with Crippen molar-refractivity contribution in [2.24, 2.45) is 0 Å². The topological polar surface area (TPSA) is 31.2 Å². The fraction of sp³-hybridized carbons (Fsp3) is 0. The Balaban J connectivity index is 1.14. The molecule has 3 nitrogen and oxygen atoms in total. The van der Waals surface area contributed by atoms with Crippen LogP contribution in [0.1, 0.15) is 0 Å². The number of para-hydroxylation sites is 3. The maximum atomic E-state index is 6.76. The Morgan fingerprint density at radius 2 is 1.17 bits per heavy atom. The third-order valence-electron chi connectivity index (χ3n) is 9.60. The van der Waals surface area contributed by atoms with Crippen molar-refractivity contribution in [1.29, 1.82) is 0 Å². The molecule has 46 heavy (non-hydrogen) atoms. The van der Waals surface area contributed by atoms with E-state index in [4.69, 9.17) is 8.83 Å². The minimum absolute atomic E-state index is 0.873. The Bertz CT molecular complexity index is 3040. The smallest absolute Gasteiger partial charge is 0.143 e. The van der Waals surface area contributed by atoms with Crippen LogP contribution >= 0.6 is 11.3 Å². The van der Waals surface area contributed by atoms with E-state index >= 15 is 0 Å². The van der Waals surface area contributed by atoms with E-state index in [0.717, 1.165) is 71.7 Å². The van der Waals surface area contributed by atoms with Gasteiger partial charge in [-0.2, -0.15) is 0 Å². The maximum Gasteiger partial charge on any atom is 0.143 e. The summed E-state index contributed by atoms with van der Waals surface area (Å²) in [6.45, 7) is 0. The van der Waals surface area contributed by atoms with E-state index in [2.05, 4.69) is 132 Å². The Labute approximate surface area is 266 Å². The summed E-state index contributed by atoms with van der Waals surface area (Å²) in [6.07, 6.45) is 0. The fourth-order valence-corrected chi connectivity index (χ4v) is 8.60. The van der Waals surface area contributed by atoms with Gasteiger partial charge in [0.25, 0.3) is 0 Å². The lowest BCUT2D eigenvalue weighted by Gasteiger charge is -2.07. The highest BCUT2D eigenvalue weighted by Gasteiger charge is 2.18. The summed E-state index contributed by atoms with van der Waals surface area (Å²) in [7, 11) is 0. The summed E-state index contributed by atoms with van der Waals surface area (Å²) in [6, 6.07) is 49.9. The van der Waals surface area contributed by atoms with E-state index in [-0.39, 0.29) is 0 Å². The van der Waals surface area contributed by atoms with E-state index < -0.39 is 0 Å². The number of furan rings is 2. The van der Waals surface area contributed by atoms with Crippen molar-refractivity contribution in [1.82, 2.24) is 4.57 Å². The van der Waals surface area contributed by atoms with Crippen molar-refractivity contribution in [3.05, 3.63) is 140 Å². The summed E-state index contributed by atoms with van der Waals surface area (Å²) in [5, 5.41) is 9.53. The lowest BCUT2D eigenvalue weighted by molar-refractivity contribution is 0.669. The van der Waals surface area contributed by atoms with Crippen LogP contribution in [0.25, 0.3) is 103 Å². The van der Waals surface area contributed by atoms with Crippen molar-refractivity contribution in [3.63, 3.8) is 0 Å². The van der Waals surface area contributed by atoms with Crippen molar-refractivity contribution in [3.8, 4) is 16.8 Å². The summed E-state index contributed by atoms with van der Waals surface area (Å²) in [5.41, 5.74) is 9.18. The first-order valence-electron chi connectivity index (χ1n) is 15.5. The molecule has 0 aliphatic carbocycles. The van der Waals surface area contributed by atoms with E-state index in [9.17, 15) is 0 Å². The summed E-state index contributed by atoms with van der Waals surface area (Å²) >= 11 is 1.84. The number of hydrogen-bond donors (Lipinski definition) is 0. The van der Waals surface area contributed by atoms with Gasteiger partial charge < -0.3 is 13.4 Å². The van der Waals surface area contributed by atoms with Crippen LogP contribution in [0.15, 0.2) is 148 Å². The number of aromatic nitrogens is 1. The zero-order valence-electron chi connectivity index (χ0n) is 24.5. The Hall–Kier alpha value is -5.84. The molecule has 0 fully saturated rings. The highest BCUT2D eigenvalue weighted by Crippen LogP contribution is 2.42. The molecule has 0 N–H and O–H groups in total. The predicted octanol–water partition coefficient (Wildman–Crippen LogP) is 12.6. The molecule has 7 aromatic carbocycles. The van der Waals surface area contributed by atoms with Gasteiger partial charge in [0.05, 0.1) is 11.0 Å². The Morgan fingerprint density at radius 1 is 0.413 bits per heavy atom. The van der Waals surface area contributed by atoms with Crippen LogP contribution in [0.2, 0.25) is 0 Å². The van der Waals surface area contributed by atoms with Gasteiger partial charge in [-0.25, -0.2) is 0 Å². The molecule has 0 saturated heterocycles. The molecular weight excluding hydrogens is 583 g/mol. The standard InChI is InChI=1S/C42H23NO2S/c1-4-13-35-27(8-1)32-22-33-28-9-2-5-14-37(28)44-39(33)23-36(32)43(35)25-17-18-29-31-12-7-11-26(42(31)45-38(29)21-25)24-16-19-41-34(20-24)30-10-3-6-15-40(30)46-41/h1-23H. The molecule has 214 valence electrons. The molecule has 4 heterocycles. The molecule has 0 unspecified atom stereocenters. The number of hydrogen-bond acceptors (Lipinski definition) is 3. The Kier molecular flexibility index (Phi) is 4.72. The second-order valence-electron chi connectivity index (χ2n) is 12.1. The quantitative estimate of drug-likeness (QED) is 0.196. The van der Waals surface area contributed by atoms with Gasteiger partial charge in [0, 0.05) is 75.9 Å². The maximum absolute atomic E-state index is 6.76. The fourth-order valence-electron chi connectivity index (χ4n) is 7.51. The van der Waals surface area contributed by atoms with E-state index in [0.29, 0.717) is 0 Å². The average molecular weight is 606 g/mol. The van der Waals surface area contributed by atoms with E-state index in [1.807, 2.05) is 23.5 Å². The molecule has 11 aromatic rings. The monoisotopic (exact) mass is 605 g/mol. The third kappa shape index (κ3) is 3.26. The highest BCUT2D eigenvalue weighted by atomic mass is 32.1. The molecule has 0 saturated carbocycles. The SMILES string of the molecule is c1ccc2c(c1)oc1cc3c(cc12)c1ccccc1n3-c1ccc2c(c1)oc1c(-c3ccc4sc5ccccc5c4c3)cccc12. The predicted molar refractivity (Wildman–Crippen MR) is 194 cm³/mol. The van der Waals surface area contributed by atoms with Gasteiger partial charge in [-0.3, -0.25) is 0 Å². The third-order valence-corrected chi connectivity index (χ3v) is 10.8. The van der Waals surface area contributed by atoms with Crippen molar-refractivity contribution >= 4 is 97.2 Å². The van der Waals surface area contributed by atoms with Crippen LogP contribution < -0.4 is 0 Å². The largest absolute Gasteiger partial charge is 0.456 e. The molecule has 0 aliphatic rings. The molecule has 0 radical (unpaired) electrons. The molecule has 11 rings (SSSR count). The summed E-state index contributed by atoms with van der Waals surface area (Å²) in [5.74, 6) is 0. The minimum atomic E-state index is 0.873. The molecule has 4 heteroatoms. The van der Waals surface area contributed by atoms with Gasteiger partial charge in [-0.1, -0.05) is 78.9 Å². The van der Waals surface area contributed by atoms with Gasteiger partial charge in [0.2, 0.25) is 0 Å². The Morgan fingerprint density at radius 3 is 2.13 bits per heavy atom. The van der Waals surface area contributed by atoms with Gasteiger partial charge in [-0.15, -0.1) is 11.3 Å². The zero-order chi connectivity index (χ0) is 29.9. The van der Waals surface area contributed by atoms with Crippen LogP contribution in [0, 0.1) is 0 Å². The second-order valence-corrected chi connectivity index (χ2v) is 13.2. The molecule has 0 atom stereocenters. The molecule has 0 spiro atoms. The molecule has 4 aromatic heterocycles. The lowest BCUT2D eigenvalue weighted by Crippen LogP contribution is -1.93. The number of benzene rings is 7. The highest BCUT2D eigenvalue weighted by molar-refractivity contribution is 7.25. The van der Waals surface area contributed by atoms with Crippen LogP contribution in [-0.4, -0.2) is 4.57 Å². The van der Waals surface area contributed by atoms with Gasteiger partial charge in [0.15, 0.2) is 0 Å². The number of nitrogens with zero attached hydrogens (tertiary/aromatic N) is 1. The molecule has 0 bridgehead atoms. The van der Waals surface area contributed by atoms with Crippen LogP contribution in [-0.2, 0) is 0 Å². The molecule has 0 amide bonds. The summed E-state index contributed by atoms with van der Waals surface area (Å²) in [4.78, 5) is 0. The van der Waals surface area contributed by atoms with Crippen LogP contribution in [0.3, 0.4) is 0 Å². The van der Waals surface area contributed by atoms with Gasteiger partial charge in [0.1, 0.15) is 22.3 Å². The first-order chi connectivity index (χ1) is 22.8. The number of thiophene rings is 1. The molecular formula is C42H23NO2S. The zero-order valence-corrected chi connectivity index (χ0v) is 25.3. The van der Waals surface area contributed by atoms with E-state index in [1.54, 1.807) is 0 Å².